The quantitative estimate of drug-likeness (QED) is 0.561. The number of halogens is 1. The Labute approximate surface area is 152 Å². The number of carbonyl (C=O) groups excluding carboxylic acids is 2. The Kier molecular flexibility index (Phi) is 6.59. The first kappa shape index (κ1) is 19.0. The van der Waals surface area contributed by atoms with Crippen molar-refractivity contribution in [3.8, 4) is 11.1 Å². The van der Waals surface area contributed by atoms with Crippen LogP contribution in [0.3, 0.4) is 0 Å². The third-order valence-corrected chi connectivity index (χ3v) is 4.02. The first-order valence-corrected chi connectivity index (χ1v) is 8.55. The van der Waals surface area contributed by atoms with Gasteiger partial charge in [0.05, 0.1) is 13.2 Å². The lowest BCUT2D eigenvalue weighted by atomic mass is 9.91. The average molecular weight is 361 g/mol. The van der Waals surface area contributed by atoms with Gasteiger partial charge < -0.3 is 9.47 Å². The second-order valence-electron chi connectivity index (χ2n) is 5.52. The summed E-state index contributed by atoms with van der Waals surface area (Å²) in [5, 5.41) is 0.648. The first-order chi connectivity index (χ1) is 12.0. The Morgan fingerprint density at radius 1 is 0.960 bits per heavy atom. The molecule has 0 atom stereocenters. The van der Waals surface area contributed by atoms with Crippen molar-refractivity contribution in [3.63, 3.8) is 0 Å². The Balaban J connectivity index is 2.41. The highest BCUT2D eigenvalue weighted by Gasteiger charge is 2.32. The van der Waals surface area contributed by atoms with E-state index in [0.717, 1.165) is 16.7 Å². The number of rotatable bonds is 6. The van der Waals surface area contributed by atoms with E-state index >= 15 is 0 Å². The van der Waals surface area contributed by atoms with Crippen LogP contribution in [0.2, 0.25) is 5.02 Å². The first-order valence-electron chi connectivity index (χ1n) is 8.17. The van der Waals surface area contributed by atoms with Crippen molar-refractivity contribution in [3.05, 3.63) is 58.6 Å². The van der Waals surface area contributed by atoms with Crippen molar-refractivity contribution in [2.45, 2.75) is 26.7 Å². The van der Waals surface area contributed by atoms with Gasteiger partial charge in [-0.1, -0.05) is 41.9 Å². The predicted octanol–water partition coefficient (Wildman–Crippen LogP) is 4.53. The second-order valence-corrected chi connectivity index (χ2v) is 5.96. The van der Waals surface area contributed by atoms with E-state index in [0.29, 0.717) is 10.6 Å². The zero-order valence-corrected chi connectivity index (χ0v) is 15.3. The van der Waals surface area contributed by atoms with Gasteiger partial charge in [0.2, 0.25) is 0 Å². The molecule has 0 aliphatic heterocycles. The molecule has 0 bridgehead atoms. The van der Waals surface area contributed by atoms with Gasteiger partial charge in [0.25, 0.3) is 0 Å². The summed E-state index contributed by atoms with van der Waals surface area (Å²) in [5.74, 6) is -2.27. The molecule has 2 rings (SSSR count). The normalized spacial score (nSPS) is 10.6. The second kappa shape index (κ2) is 8.67. The van der Waals surface area contributed by atoms with Crippen LogP contribution in [-0.2, 0) is 19.1 Å². The lowest BCUT2D eigenvalue weighted by Crippen LogP contribution is -2.26. The van der Waals surface area contributed by atoms with Gasteiger partial charge in [0, 0.05) is 5.02 Å². The van der Waals surface area contributed by atoms with E-state index < -0.39 is 17.9 Å². The van der Waals surface area contributed by atoms with E-state index in [4.69, 9.17) is 21.1 Å². The van der Waals surface area contributed by atoms with Gasteiger partial charge in [0.15, 0.2) is 5.92 Å². The summed E-state index contributed by atoms with van der Waals surface area (Å²) < 4.78 is 10.1. The average Bonchev–Trinajstić information content (AvgIpc) is 2.57. The van der Waals surface area contributed by atoms with Crippen LogP contribution in [0.5, 0.6) is 0 Å². The molecular formula is C20H21ClO4. The fraction of sp³-hybridized carbons (Fsp3) is 0.300. The van der Waals surface area contributed by atoms with E-state index in [2.05, 4.69) is 0 Å². The van der Waals surface area contributed by atoms with Crippen LogP contribution in [0.15, 0.2) is 42.5 Å². The number of aryl methyl sites for hydroxylation is 1. The van der Waals surface area contributed by atoms with E-state index in [1.165, 1.54) is 0 Å². The minimum absolute atomic E-state index is 0.203. The monoisotopic (exact) mass is 360 g/mol. The highest BCUT2D eigenvalue weighted by atomic mass is 35.5. The summed E-state index contributed by atoms with van der Waals surface area (Å²) >= 11 is 6.05. The molecule has 0 unspecified atom stereocenters. The smallest absolute Gasteiger partial charge is 0.324 e. The number of benzene rings is 2. The molecule has 25 heavy (non-hydrogen) atoms. The number of ether oxygens (including phenoxy) is 2. The van der Waals surface area contributed by atoms with Gasteiger partial charge in [-0.3, -0.25) is 9.59 Å². The van der Waals surface area contributed by atoms with Crippen LogP contribution in [0.25, 0.3) is 11.1 Å². The summed E-state index contributed by atoms with van der Waals surface area (Å²) in [4.78, 5) is 24.5. The summed E-state index contributed by atoms with van der Waals surface area (Å²) in [6.45, 7) is 5.67. The highest BCUT2D eigenvalue weighted by Crippen LogP contribution is 2.29. The molecule has 2 aromatic carbocycles. The highest BCUT2D eigenvalue weighted by molar-refractivity contribution is 6.30. The Bertz CT molecular complexity index is 752. The maximum atomic E-state index is 12.3. The van der Waals surface area contributed by atoms with Gasteiger partial charge in [-0.05, 0) is 55.2 Å². The zero-order valence-electron chi connectivity index (χ0n) is 14.5. The fourth-order valence-corrected chi connectivity index (χ4v) is 2.84. The summed E-state index contributed by atoms with van der Waals surface area (Å²) in [6.07, 6.45) is 0. The summed E-state index contributed by atoms with van der Waals surface area (Å²) in [5.41, 5.74) is 3.31. The molecule has 4 nitrogen and oxygen atoms in total. The minimum Gasteiger partial charge on any atom is -0.465 e. The van der Waals surface area contributed by atoms with Crippen LogP contribution >= 0.6 is 11.6 Å². The van der Waals surface area contributed by atoms with Crippen molar-refractivity contribution < 1.29 is 19.1 Å². The number of esters is 2. The SMILES string of the molecule is CCOC(=O)C(C(=O)OCC)c1ccc(-c2cccc(Cl)c2)cc1C. The molecule has 132 valence electrons. The van der Waals surface area contributed by atoms with Crippen LogP contribution < -0.4 is 0 Å². The van der Waals surface area contributed by atoms with Crippen LogP contribution in [-0.4, -0.2) is 25.2 Å². The largest absolute Gasteiger partial charge is 0.465 e. The summed E-state index contributed by atoms with van der Waals surface area (Å²) in [7, 11) is 0. The van der Waals surface area contributed by atoms with Crippen molar-refractivity contribution in [1.82, 2.24) is 0 Å². The lowest BCUT2D eigenvalue weighted by Gasteiger charge is -2.17. The Morgan fingerprint density at radius 3 is 2.08 bits per heavy atom. The van der Waals surface area contributed by atoms with Crippen molar-refractivity contribution in [2.24, 2.45) is 0 Å². The lowest BCUT2D eigenvalue weighted by molar-refractivity contribution is -0.156. The molecule has 0 amide bonds. The van der Waals surface area contributed by atoms with E-state index in [9.17, 15) is 9.59 Å². The summed E-state index contributed by atoms with van der Waals surface area (Å²) in [6, 6.07) is 13.1. The van der Waals surface area contributed by atoms with Crippen LogP contribution in [0, 0.1) is 6.92 Å². The van der Waals surface area contributed by atoms with Crippen molar-refractivity contribution in [1.29, 1.82) is 0 Å². The van der Waals surface area contributed by atoms with E-state index in [1.807, 2.05) is 43.3 Å². The third-order valence-electron chi connectivity index (χ3n) is 3.78. The molecule has 0 saturated heterocycles. The standard InChI is InChI=1S/C20H21ClO4/c1-4-24-19(22)18(20(23)25-5-2)17-10-9-15(11-13(17)3)14-7-6-8-16(21)12-14/h6-12,18H,4-5H2,1-3H3. The number of hydrogen-bond donors (Lipinski definition) is 0. The molecule has 0 radical (unpaired) electrons. The molecule has 0 saturated carbocycles. The van der Waals surface area contributed by atoms with E-state index in [1.54, 1.807) is 19.9 Å². The van der Waals surface area contributed by atoms with Gasteiger partial charge in [-0.25, -0.2) is 0 Å². The molecule has 0 spiro atoms. The van der Waals surface area contributed by atoms with Gasteiger partial charge in [0.1, 0.15) is 0 Å². The van der Waals surface area contributed by atoms with Crippen LogP contribution in [0.1, 0.15) is 30.9 Å². The molecule has 0 heterocycles. The molecule has 0 aliphatic rings. The fourth-order valence-electron chi connectivity index (χ4n) is 2.65. The topological polar surface area (TPSA) is 52.6 Å². The number of hydrogen-bond acceptors (Lipinski definition) is 4. The number of carbonyl (C=O) groups is 2. The molecule has 0 aliphatic carbocycles. The third kappa shape index (κ3) is 4.60. The Morgan fingerprint density at radius 2 is 1.56 bits per heavy atom. The minimum atomic E-state index is -1.08. The Hall–Kier alpha value is -2.33. The van der Waals surface area contributed by atoms with Gasteiger partial charge in [-0.15, -0.1) is 0 Å². The molecule has 0 aromatic heterocycles. The molecule has 2 aromatic rings. The predicted molar refractivity (Wildman–Crippen MR) is 97.6 cm³/mol. The van der Waals surface area contributed by atoms with Gasteiger partial charge >= 0.3 is 11.9 Å². The molecule has 5 heteroatoms. The van der Waals surface area contributed by atoms with Gasteiger partial charge in [-0.2, -0.15) is 0 Å². The molecule has 0 fully saturated rings. The maximum absolute atomic E-state index is 12.3. The van der Waals surface area contributed by atoms with Crippen molar-refractivity contribution >= 4 is 23.5 Å². The van der Waals surface area contributed by atoms with Crippen LogP contribution in [0.4, 0.5) is 0 Å². The maximum Gasteiger partial charge on any atom is 0.324 e. The molecule has 0 N–H and O–H groups in total. The molecular weight excluding hydrogens is 340 g/mol. The zero-order chi connectivity index (χ0) is 18.4. The van der Waals surface area contributed by atoms with E-state index in [-0.39, 0.29) is 13.2 Å². The van der Waals surface area contributed by atoms with Crippen molar-refractivity contribution in [2.75, 3.05) is 13.2 Å².